The van der Waals surface area contributed by atoms with Gasteiger partial charge in [-0.15, -0.1) is 24.8 Å². The van der Waals surface area contributed by atoms with E-state index in [1.807, 2.05) is 6.92 Å². The SMILES string of the molecule is CCN(CC)CCN(CC)CC(C)O.Cl.Cl. The summed E-state index contributed by atoms with van der Waals surface area (Å²) in [5.74, 6) is 0. The quantitative estimate of drug-likeness (QED) is 0.732. The lowest BCUT2D eigenvalue weighted by Crippen LogP contribution is -2.38. The van der Waals surface area contributed by atoms with Crippen molar-refractivity contribution in [3.8, 4) is 0 Å². The maximum absolute atomic E-state index is 9.28. The normalized spacial score (nSPS) is 12.2. The highest BCUT2D eigenvalue weighted by Gasteiger charge is 2.07. The number of halogens is 2. The molecule has 16 heavy (non-hydrogen) atoms. The van der Waals surface area contributed by atoms with Crippen LogP contribution in [0.1, 0.15) is 27.7 Å². The van der Waals surface area contributed by atoms with Crippen LogP contribution in [0.4, 0.5) is 0 Å². The minimum Gasteiger partial charge on any atom is -0.392 e. The van der Waals surface area contributed by atoms with E-state index in [0.29, 0.717) is 0 Å². The zero-order chi connectivity index (χ0) is 11.0. The van der Waals surface area contributed by atoms with Crippen LogP contribution in [0.25, 0.3) is 0 Å². The van der Waals surface area contributed by atoms with Crippen molar-refractivity contribution < 1.29 is 5.11 Å². The van der Waals surface area contributed by atoms with Crippen LogP contribution >= 0.6 is 24.8 Å². The minimum absolute atomic E-state index is 0. The molecule has 0 aromatic heterocycles. The first-order valence-electron chi connectivity index (χ1n) is 5.76. The molecule has 0 radical (unpaired) electrons. The maximum atomic E-state index is 9.28. The van der Waals surface area contributed by atoms with Gasteiger partial charge in [0.15, 0.2) is 0 Å². The van der Waals surface area contributed by atoms with E-state index in [1.54, 1.807) is 0 Å². The fourth-order valence-electron chi connectivity index (χ4n) is 1.57. The number of aliphatic hydroxyl groups excluding tert-OH is 1. The van der Waals surface area contributed by atoms with Gasteiger partial charge in [-0.2, -0.15) is 0 Å². The summed E-state index contributed by atoms with van der Waals surface area (Å²) in [6.07, 6.45) is -0.216. The lowest BCUT2D eigenvalue weighted by Gasteiger charge is -2.25. The summed E-state index contributed by atoms with van der Waals surface area (Å²) in [6.45, 7) is 14.6. The highest BCUT2D eigenvalue weighted by molar-refractivity contribution is 5.85. The highest BCUT2D eigenvalue weighted by Crippen LogP contribution is 1.94. The van der Waals surface area contributed by atoms with Gasteiger partial charge in [-0.25, -0.2) is 0 Å². The standard InChI is InChI=1S/C11H26N2O.2ClH/c1-5-12(6-2)8-9-13(7-3)10-11(4)14;;/h11,14H,5-10H2,1-4H3;2*1H. The smallest absolute Gasteiger partial charge is 0.0639 e. The van der Waals surface area contributed by atoms with Crippen molar-refractivity contribution in [3.05, 3.63) is 0 Å². The third-order valence-corrected chi connectivity index (χ3v) is 2.60. The van der Waals surface area contributed by atoms with E-state index in [4.69, 9.17) is 0 Å². The Labute approximate surface area is 113 Å². The van der Waals surface area contributed by atoms with Gasteiger partial charge in [0.25, 0.3) is 0 Å². The Morgan fingerprint density at radius 3 is 1.56 bits per heavy atom. The Kier molecular flexibility index (Phi) is 18.4. The summed E-state index contributed by atoms with van der Waals surface area (Å²) in [4.78, 5) is 4.70. The van der Waals surface area contributed by atoms with Crippen LogP contribution in [-0.4, -0.2) is 60.3 Å². The lowest BCUT2D eigenvalue weighted by molar-refractivity contribution is 0.121. The first-order chi connectivity index (χ1) is 6.63. The van der Waals surface area contributed by atoms with Crippen molar-refractivity contribution in [3.63, 3.8) is 0 Å². The Balaban J connectivity index is -0.000000845. The van der Waals surface area contributed by atoms with E-state index in [2.05, 4.69) is 30.6 Å². The van der Waals surface area contributed by atoms with Crippen LogP contribution in [-0.2, 0) is 0 Å². The number of hydrogen-bond donors (Lipinski definition) is 1. The number of rotatable bonds is 8. The molecule has 0 fully saturated rings. The first-order valence-corrected chi connectivity index (χ1v) is 5.76. The zero-order valence-electron chi connectivity index (χ0n) is 11.0. The number of nitrogens with zero attached hydrogens (tertiary/aromatic N) is 2. The van der Waals surface area contributed by atoms with E-state index in [-0.39, 0.29) is 30.9 Å². The largest absolute Gasteiger partial charge is 0.392 e. The zero-order valence-corrected chi connectivity index (χ0v) is 12.6. The molecule has 1 unspecified atom stereocenters. The molecule has 0 aliphatic carbocycles. The van der Waals surface area contributed by atoms with Crippen molar-refractivity contribution in [2.45, 2.75) is 33.8 Å². The molecule has 5 heteroatoms. The van der Waals surface area contributed by atoms with E-state index < -0.39 is 0 Å². The van der Waals surface area contributed by atoms with Gasteiger partial charge in [-0.1, -0.05) is 20.8 Å². The van der Waals surface area contributed by atoms with E-state index in [9.17, 15) is 5.11 Å². The molecule has 0 heterocycles. The first kappa shape index (κ1) is 21.7. The number of aliphatic hydroxyl groups is 1. The lowest BCUT2D eigenvalue weighted by atomic mass is 10.3. The van der Waals surface area contributed by atoms with Gasteiger partial charge in [0.2, 0.25) is 0 Å². The van der Waals surface area contributed by atoms with Crippen LogP contribution in [0, 0.1) is 0 Å². The van der Waals surface area contributed by atoms with Gasteiger partial charge in [0, 0.05) is 19.6 Å². The monoisotopic (exact) mass is 274 g/mol. The molecule has 102 valence electrons. The second-order valence-electron chi connectivity index (χ2n) is 3.77. The molecule has 0 aromatic rings. The molecule has 0 aromatic carbocycles. The van der Waals surface area contributed by atoms with Crippen LogP contribution in [0.2, 0.25) is 0 Å². The maximum Gasteiger partial charge on any atom is 0.0639 e. The Bertz CT molecular complexity index is 133. The predicted octanol–water partition coefficient (Wildman–Crippen LogP) is 1.87. The molecule has 1 atom stereocenters. The van der Waals surface area contributed by atoms with Gasteiger partial charge in [-0.05, 0) is 26.6 Å². The second-order valence-corrected chi connectivity index (χ2v) is 3.77. The topological polar surface area (TPSA) is 26.7 Å². The number of likely N-dealkylation sites (N-methyl/N-ethyl adjacent to an activating group) is 2. The van der Waals surface area contributed by atoms with Gasteiger partial charge in [0.05, 0.1) is 6.10 Å². The Hall–Kier alpha value is 0.460. The molecular weight excluding hydrogens is 247 g/mol. The number of hydrogen-bond acceptors (Lipinski definition) is 3. The summed E-state index contributed by atoms with van der Waals surface area (Å²) in [6, 6.07) is 0. The molecule has 0 rings (SSSR count). The molecule has 0 aliphatic heterocycles. The molecule has 0 spiro atoms. The molecule has 0 amide bonds. The summed E-state index contributed by atoms with van der Waals surface area (Å²) >= 11 is 0. The molecule has 0 saturated heterocycles. The van der Waals surface area contributed by atoms with Gasteiger partial charge < -0.3 is 10.0 Å². The van der Waals surface area contributed by atoms with Crippen molar-refractivity contribution in [2.24, 2.45) is 0 Å². The fourth-order valence-corrected chi connectivity index (χ4v) is 1.57. The van der Waals surface area contributed by atoms with E-state index in [0.717, 1.165) is 39.3 Å². The summed E-state index contributed by atoms with van der Waals surface area (Å²) in [5, 5.41) is 9.28. The third-order valence-electron chi connectivity index (χ3n) is 2.60. The summed E-state index contributed by atoms with van der Waals surface area (Å²) in [7, 11) is 0. The third kappa shape index (κ3) is 11.0. The van der Waals surface area contributed by atoms with E-state index >= 15 is 0 Å². The fraction of sp³-hybridized carbons (Fsp3) is 1.00. The molecule has 0 aliphatic rings. The van der Waals surface area contributed by atoms with Crippen molar-refractivity contribution in [1.82, 2.24) is 9.80 Å². The average molecular weight is 275 g/mol. The van der Waals surface area contributed by atoms with Gasteiger partial charge in [0.1, 0.15) is 0 Å². The average Bonchev–Trinajstić information content (AvgIpc) is 2.17. The van der Waals surface area contributed by atoms with Gasteiger partial charge >= 0.3 is 0 Å². The summed E-state index contributed by atoms with van der Waals surface area (Å²) in [5.41, 5.74) is 0. The van der Waals surface area contributed by atoms with E-state index in [1.165, 1.54) is 0 Å². The molecule has 0 bridgehead atoms. The van der Waals surface area contributed by atoms with Crippen molar-refractivity contribution in [2.75, 3.05) is 39.3 Å². The van der Waals surface area contributed by atoms with Gasteiger partial charge in [-0.3, -0.25) is 4.90 Å². The molecule has 0 saturated carbocycles. The van der Waals surface area contributed by atoms with Crippen molar-refractivity contribution >= 4 is 24.8 Å². The minimum atomic E-state index is -0.216. The van der Waals surface area contributed by atoms with Crippen LogP contribution < -0.4 is 0 Å². The van der Waals surface area contributed by atoms with Crippen LogP contribution in [0.5, 0.6) is 0 Å². The van der Waals surface area contributed by atoms with Crippen molar-refractivity contribution in [1.29, 1.82) is 0 Å². The molecule has 3 nitrogen and oxygen atoms in total. The van der Waals surface area contributed by atoms with Crippen LogP contribution in [0.15, 0.2) is 0 Å². The Morgan fingerprint density at radius 1 is 0.875 bits per heavy atom. The highest BCUT2D eigenvalue weighted by atomic mass is 35.5. The second kappa shape index (κ2) is 13.5. The molecular formula is C11H28Cl2N2O. The summed E-state index contributed by atoms with van der Waals surface area (Å²) < 4.78 is 0. The van der Waals surface area contributed by atoms with Crippen LogP contribution in [0.3, 0.4) is 0 Å². The predicted molar refractivity (Wildman–Crippen MR) is 76.1 cm³/mol. The Morgan fingerprint density at radius 2 is 1.25 bits per heavy atom. The molecule has 1 N–H and O–H groups in total.